The standard InChI is InChI=1S/C30H39N5O2S/c1-20-11-10-13-22(17-20)27-26-28(30(3,4)5)32-35(23-14-9-8-12-21(23)2)29(26)34(25(37)19-38-27)18-24(36)31-15-16-33(6)7/h8-14,17,27H,15-16,18-19H2,1-7H3,(H,31,36). The van der Waals surface area contributed by atoms with Crippen molar-refractivity contribution in [3.8, 4) is 5.69 Å². The summed E-state index contributed by atoms with van der Waals surface area (Å²) in [5, 5.41) is 8.07. The van der Waals surface area contributed by atoms with Gasteiger partial charge in [-0.2, -0.15) is 5.10 Å². The number of rotatable bonds is 7. The van der Waals surface area contributed by atoms with Crippen molar-refractivity contribution in [1.29, 1.82) is 0 Å². The van der Waals surface area contributed by atoms with Crippen LogP contribution < -0.4 is 10.2 Å². The normalized spacial score (nSPS) is 15.9. The number of carbonyl (C=O) groups is 2. The van der Waals surface area contributed by atoms with Crippen molar-refractivity contribution in [2.45, 2.75) is 45.3 Å². The van der Waals surface area contributed by atoms with Crippen LogP contribution in [0.15, 0.2) is 48.5 Å². The molecule has 0 aliphatic carbocycles. The molecule has 3 aromatic rings. The largest absolute Gasteiger partial charge is 0.353 e. The fourth-order valence-electron chi connectivity index (χ4n) is 4.76. The van der Waals surface area contributed by atoms with Crippen molar-refractivity contribution in [2.24, 2.45) is 0 Å². The van der Waals surface area contributed by atoms with Crippen LogP contribution in [0.1, 0.15) is 54.0 Å². The molecular formula is C30H39N5O2S. The Kier molecular flexibility index (Phi) is 8.33. The number of nitrogens with zero attached hydrogens (tertiary/aromatic N) is 4. The van der Waals surface area contributed by atoms with Crippen LogP contribution in [0.25, 0.3) is 5.69 Å². The Morgan fingerprint density at radius 2 is 1.87 bits per heavy atom. The van der Waals surface area contributed by atoms with Gasteiger partial charge in [0.2, 0.25) is 11.8 Å². The smallest absolute Gasteiger partial charge is 0.240 e. The van der Waals surface area contributed by atoms with Gasteiger partial charge in [-0.3, -0.25) is 14.5 Å². The molecule has 1 unspecified atom stereocenters. The number of fused-ring (bicyclic) bond motifs is 1. The highest BCUT2D eigenvalue weighted by molar-refractivity contribution is 8.00. The first-order chi connectivity index (χ1) is 18.0. The van der Waals surface area contributed by atoms with Crippen molar-refractivity contribution < 1.29 is 9.59 Å². The van der Waals surface area contributed by atoms with Gasteiger partial charge in [-0.1, -0.05) is 68.8 Å². The van der Waals surface area contributed by atoms with Gasteiger partial charge < -0.3 is 10.2 Å². The number of nitrogens with one attached hydrogen (secondary N) is 1. The Hall–Kier alpha value is -3.10. The summed E-state index contributed by atoms with van der Waals surface area (Å²) < 4.78 is 1.89. The lowest BCUT2D eigenvalue weighted by atomic mass is 9.87. The second kappa shape index (κ2) is 11.3. The number of amides is 2. The second-order valence-electron chi connectivity index (χ2n) is 11.3. The number of thioether (sulfide) groups is 1. The van der Waals surface area contributed by atoms with Gasteiger partial charge in [0.1, 0.15) is 12.4 Å². The minimum atomic E-state index is -0.284. The molecule has 2 heterocycles. The van der Waals surface area contributed by atoms with E-state index < -0.39 is 0 Å². The predicted molar refractivity (Wildman–Crippen MR) is 156 cm³/mol. The summed E-state index contributed by atoms with van der Waals surface area (Å²) in [6, 6.07) is 16.5. The number of anilines is 1. The van der Waals surface area contributed by atoms with Crippen LogP contribution in [0.2, 0.25) is 0 Å². The lowest BCUT2D eigenvalue weighted by Gasteiger charge is -2.25. The van der Waals surface area contributed by atoms with Crippen LogP contribution in [0.4, 0.5) is 5.82 Å². The molecule has 7 nitrogen and oxygen atoms in total. The van der Waals surface area contributed by atoms with Crippen LogP contribution in [0.5, 0.6) is 0 Å². The van der Waals surface area contributed by atoms with Crippen LogP contribution in [0.3, 0.4) is 0 Å². The van der Waals surface area contributed by atoms with Gasteiger partial charge in [-0.05, 0) is 45.1 Å². The summed E-state index contributed by atoms with van der Waals surface area (Å²) in [5.74, 6) is 0.688. The first-order valence-corrected chi connectivity index (χ1v) is 14.1. The number of benzene rings is 2. The van der Waals surface area contributed by atoms with Crippen LogP contribution >= 0.6 is 11.8 Å². The van der Waals surface area contributed by atoms with E-state index in [4.69, 9.17) is 5.10 Å². The van der Waals surface area contributed by atoms with Gasteiger partial charge in [0, 0.05) is 24.1 Å². The van der Waals surface area contributed by atoms with E-state index in [9.17, 15) is 9.59 Å². The van der Waals surface area contributed by atoms with Gasteiger partial charge in [0.05, 0.1) is 22.4 Å². The van der Waals surface area contributed by atoms with Gasteiger partial charge in [-0.15, -0.1) is 11.8 Å². The minimum absolute atomic E-state index is 0.0541. The Bertz CT molecular complexity index is 1320. The van der Waals surface area contributed by atoms with E-state index in [1.807, 2.05) is 54.9 Å². The van der Waals surface area contributed by atoms with Crippen molar-refractivity contribution in [1.82, 2.24) is 20.0 Å². The van der Waals surface area contributed by atoms with Crippen molar-refractivity contribution in [3.63, 3.8) is 0 Å². The van der Waals surface area contributed by atoms with Gasteiger partial charge in [0.15, 0.2) is 0 Å². The monoisotopic (exact) mass is 533 g/mol. The summed E-state index contributed by atoms with van der Waals surface area (Å²) in [4.78, 5) is 30.5. The zero-order chi connectivity index (χ0) is 27.6. The summed E-state index contributed by atoms with van der Waals surface area (Å²) in [5.41, 5.74) is 5.90. The molecule has 202 valence electrons. The summed E-state index contributed by atoms with van der Waals surface area (Å²) >= 11 is 1.61. The van der Waals surface area contributed by atoms with Gasteiger partial charge in [-0.25, -0.2) is 4.68 Å². The van der Waals surface area contributed by atoms with Gasteiger partial charge in [0.25, 0.3) is 0 Å². The topological polar surface area (TPSA) is 70.5 Å². The van der Waals surface area contributed by atoms with Crippen LogP contribution in [-0.4, -0.2) is 66.0 Å². The molecule has 1 aliphatic heterocycles. The zero-order valence-electron chi connectivity index (χ0n) is 23.5. The first-order valence-electron chi connectivity index (χ1n) is 13.1. The third-order valence-corrected chi connectivity index (χ3v) is 7.93. The fraction of sp³-hybridized carbons (Fsp3) is 0.433. The molecule has 0 bridgehead atoms. The fourth-order valence-corrected chi connectivity index (χ4v) is 5.94. The molecule has 0 spiro atoms. The molecule has 4 rings (SSSR count). The molecule has 1 aliphatic rings. The van der Waals surface area contributed by atoms with E-state index in [2.05, 4.69) is 57.3 Å². The van der Waals surface area contributed by atoms with Crippen LogP contribution in [-0.2, 0) is 15.0 Å². The van der Waals surface area contributed by atoms with E-state index >= 15 is 0 Å². The molecule has 0 radical (unpaired) electrons. The number of hydrogen-bond acceptors (Lipinski definition) is 5. The third kappa shape index (κ3) is 5.97. The predicted octanol–water partition coefficient (Wildman–Crippen LogP) is 4.63. The van der Waals surface area contributed by atoms with Crippen molar-refractivity contribution in [2.75, 3.05) is 44.4 Å². The number of para-hydroxylation sites is 1. The molecule has 0 saturated carbocycles. The molecule has 8 heteroatoms. The molecule has 0 fully saturated rings. The maximum Gasteiger partial charge on any atom is 0.240 e. The number of aryl methyl sites for hydroxylation is 2. The quantitative estimate of drug-likeness (QED) is 0.479. The zero-order valence-corrected chi connectivity index (χ0v) is 24.4. The molecule has 38 heavy (non-hydrogen) atoms. The summed E-state index contributed by atoms with van der Waals surface area (Å²) in [7, 11) is 3.93. The lowest BCUT2D eigenvalue weighted by Crippen LogP contribution is -2.43. The molecular weight excluding hydrogens is 494 g/mol. The lowest BCUT2D eigenvalue weighted by molar-refractivity contribution is -0.122. The van der Waals surface area contributed by atoms with Gasteiger partial charge >= 0.3 is 0 Å². The Labute approximate surface area is 230 Å². The van der Waals surface area contributed by atoms with E-state index in [1.165, 1.54) is 5.56 Å². The maximum atomic E-state index is 13.7. The Morgan fingerprint density at radius 1 is 1.13 bits per heavy atom. The number of carbonyl (C=O) groups excluding carboxylic acids is 2. The van der Waals surface area contributed by atoms with E-state index in [0.717, 1.165) is 34.6 Å². The Balaban J connectivity index is 1.94. The number of hydrogen-bond donors (Lipinski definition) is 1. The summed E-state index contributed by atoms with van der Waals surface area (Å²) in [6.07, 6.45) is 0. The minimum Gasteiger partial charge on any atom is -0.353 e. The highest BCUT2D eigenvalue weighted by Gasteiger charge is 2.40. The SMILES string of the molecule is Cc1cccc(C2SCC(=O)N(CC(=O)NCCN(C)C)c3c2c(C(C)(C)C)nn3-c2ccccc2C)c1. The molecule has 2 amide bonds. The summed E-state index contributed by atoms with van der Waals surface area (Å²) in [6.45, 7) is 11.8. The van der Waals surface area contributed by atoms with Crippen LogP contribution in [0, 0.1) is 13.8 Å². The molecule has 1 aromatic heterocycles. The molecule has 1 N–H and O–H groups in total. The van der Waals surface area contributed by atoms with E-state index in [0.29, 0.717) is 12.4 Å². The second-order valence-corrected chi connectivity index (χ2v) is 12.4. The number of likely N-dealkylation sites (N-methyl/N-ethyl adjacent to an activating group) is 1. The average molecular weight is 534 g/mol. The highest BCUT2D eigenvalue weighted by atomic mass is 32.2. The Morgan fingerprint density at radius 3 is 2.53 bits per heavy atom. The highest BCUT2D eigenvalue weighted by Crippen LogP contribution is 2.48. The molecule has 2 aromatic carbocycles. The average Bonchev–Trinajstić information content (AvgIpc) is 3.17. The van der Waals surface area contributed by atoms with E-state index in [-0.39, 0.29) is 34.8 Å². The molecule has 0 saturated heterocycles. The van der Waals surface area contributed by atoms with Crippen molar-refractivity contribution >= 4 is 29.4 Å². The van der Waals surface area contributed by atoms with E-state index in [1.54, 1.807) is 16.7 Å². The number of aromatic nitrogens is 2. The molecule has 1 atom stereocenters. The maximum absolute atomic E-state index is 13.7. The first kappa shape index (κ1) is 27.9. The third-order valence-electron chi connectivity index (χ3n) is 6.67. The van der Waals surface area contributed by atoms with Crippen molar-refractivity contribution in [3.05, 3.63) is 76.5 Å².